The van der Waals surface area contributed by atoms with Crippen LogP contribution < -0.4 is 15.5 Å². The molecule has 0 bridgehead atoms. The van der Waals surface area contributed by atoms with Crippen LogP contribution in [0, 0.1) is 5.82 Å². The average molecular weight is 439 g/mol. The number of hydrogen-bond donors (Lipinski definition) is 2. The standard InChI is InChI=1S/C23H26FN5O3/c1-16(30)26-14-20-15-29(23(31)32-20)19-6-7-21(22(24)12-19)18-4-2-17(3-5-18)13-27-28-10-8-25-9-11-28/h2-7,12-13,20,25H,8-11,14-15H2,1H3,(H,26,30)/b27-13+/t20-/m0/s1. The predicted molar refractivity (Wildman–Crippen MR) is 120 cm³/mol. The van der Waals surface area contributed by atoms with E-state index in [4.69, 9.17) is 4.74 Å². The van der Waals surface area contributed by atoms with Crippen molar-refractivity contribution < 1.29 is 18.7 Å². The molecule has 168 valence electrons. The van der Waals surface area contributed by atoms with E-state index in [1.807, 2.05) is 35.5 Å². The van der Waals surface area contributed by atoms with Gasteiger partial charge in [0, 0.05) is 38.7 Å². The van der Waals surface area contributed by atoms with Crippen LogP contribution in [0.1, 0.15) is 12.5 Å². The second-order valence-corrected chi connectivity index (χ2v) is 7.79. The lowest BCUT2D eigenvalue weighted by Gasteiger charge is -2.24. The highest BCUT2D eigenvalue weighted by Crippen LogP contribution is 2.29. The summed E-state index contributed by atoms with van der Waals surface area (Å²) >= 11 is 0. The van der Waals surface area contributed by atoms with E-state index >= 15 is 0 Å². The van der Waals surface area contributed by atoms with Crippen molar-refractivity contribution in [1.82, 2.24) is 15.6 Å². The third kappa shape index (κ3) is 5.23. The Bertz CT molecular complexity index is 1010. The molecule has 2 amide bonds. The Balaban J connectivity index is 1.42. The molecule has 4 rings (SSSR count). The topological polar surface area (TPSA) is 86.3 Å². The van der Waals surface area contributed by atoms with Crippen molar-refractivity contribution in [2.75, 3.05) is 44.2 Å². The maximum atomic E-state index is 14.9. The number of ether oxygens (including phenoxy) is 1. The van der Waals surface area contributed by atoms with E-state index in [0.29, 0.717) is 11.3 Å². The largest absolute Gasteiger partial charge is 0.442 e. The first kappa shape index (κ1) is 21.8. The molecule has 0 spiro atoms. The van der Waals surface area contributed by atoms with Crippen LogP contribution in [0.15, 0.2) is 47.6 Å². The zero-order valence-electron chi connectivity index (χ0n) is 17.9. The molecule has 2 fully saturated rings. The fourth-order valence-corrected chi connectivity index (χ4v) is 3.67. The molecule has 9 heteroatoms. The quantitative estimate of drug-likeness (QED) is 0.674. The number of nitrogens with one attached hydrogen (secondary N) is 2. The minimum atomic E-state index is -0.555. The van der Waals surface area contributed by atoms with Gasteiger partial charge in [-0.1, -0.05) is 24.3 Å². The number of hydrogen-bond acceptors (Lipinski definition) is 6. The Labute approximate surface area is 186 Å². The third-order valence-corrected chi connectivity index (χ3v) is 5.40. The molecule has 2 aliphatic heterocycles. The van der Waals surface area contributed by atoms with Gasteiger partial charge in [0.1, 0.15) is 11.9 Å². The number of piperazine rings is 1. The lowest BCUT2D eigenvalue weighted by molar-refractivity contribution is -0.119. The first-order chi connectivity index (χ1) is 15.5. The highest BCUT2D eigenvalue weighted by molar-refractivity contribution is 5.90. The zero-order chi connectivity index (χ0) is 22.5. The number of rotatable bonds is 6. The summed E-state index contributed by atoms with van der Waals surface area (Å²) < 4.78 is 20.1. The summed E-state index contributed by atoms with van der Waals surface area (Å²) in [4.78, 5) is 24.6. The molecule has 2 saturated heterocycles. The number of halogens is 1. The van der Waals surface area contributed by atoms with Crippen LogP contribution in [0.25, 0.3) is 11.1 Å². The van der Waals surface area contributed by atoms with Gasteiger partial charge in [0.05, 0.1) is 25.0 Å². The molecule has 2 heterocycles. The Morgan fingerprint density at radius 3 is 2.69 bits per heavy atom. The van der Waals surface area contributed by atoms with Gasteiger partial charge in [-0.15, -0.1) is 0 Å². The van der Waals surface area contributed by atoms with Crippen LogP contribution in [0.5, 0.6) is 0 Å². The van der Waals surface area contributed by atoms with Crippen LogP contribution >= 0.6 is 0 Å². The highest BCUT2D eigenvalue weighted by atomic mass is 19.1. The van der Waals surface area contributed by atoms with Crippen LogP contribution in [-0.2, 0) is 9.53 Å². The van der Waals surface area contributed by atoms with E-state index in [1.165, 1.54) is 17.9 Å². The summed E-state index contributed by atoms with van der Waals surface area (Å²) in [6.07, 6.45) is 0.787. The molecule has 2 N–H and O–H groups in total. The second kappa shape index (κ2) is 9.78. The third-order valence-electron chi connectivity index (χ3n) is 5.40. The van der Waals surface area contributed by atoms with E-state index in [2.05, 4.69) is 15.7 Å². The average Bonchev–Trinajstić information content (AvgIpc) is 3.18. The maximum absolute atomic E-state index is 14.9. The van der Waals surface area contributed by atoms with E-state index in [-0.39, 0.29) is 19.0 Å². The maximum Gasteiger partial charge on any atom is 0.414 e. The molecular formula is C23H26FN5O3. The molecule has 2 aromatic rings. The first-order valence-electron chi connectivity index (χ1n) is 10.6. The SMILES string of the molecule is CC(=O)NC[C@H]1CN(c2ccc(-c3ccc(/C=N/N4CCNCC4)cc3)c(F)c2)C(=O)O1. The molecule has 2 aromatic carbocycles. The van der Waals surface area contributed by atoms with Gasteiger partial charge in [-0.2, -0.15) is 5.10 Å². The number of cyclic esters (lactones) is 1. The predicted octanol–water partition coefficient (Wildman–Crippen LogP) is 2.19. The summed E-state index contributed by atoms with van der Waals surface area (Å²) in [7, 11) is 0. The molecule has 8 nitrogen and oxygen atoms in total. The van der Waals surface area contributed by atoms with Gasteiger partial charge in [-0.25, -0.2) is 9.18 Å². The lowest BCUT2D eigenvalue weighted by atomic mass is 10.0. The second-order valence-electron chi connectivity index (χ2n) is 7.79. The van der Waals surface area contributed by atoms with Crippen molar-refractivity contribution in [1.29, 1.82) is 0 Å². The van der Waals surface area contributed by atoms with Gasteiger partial charge in [-0.05, 0) is 29.3 Å². The summed E-state index contributed by atoms with van der Waals surface area (Å²) in [6, 6.07) is 12.2. The van der Waals surface area contributed by atoms with E-state index < -0.39 is 18.0 Å². The number of benzene rings is 2. The van der Waals surface area contributed by atoms with Crippen molar-refractivity contribution >= 4 is 23.9 Å². The van der Waals surface area contributed by atoms with Crippen molar-refractivity contribution in [3.8, 4) is 11.1 Å². The first-order valence-corrected chi connectivity index (χ1v) is 10.6. The van der Waals surface area contributed by atoms with Gasteiger partial charge >= 0.3 is 6.09 Å². The highest BCUT2D eigenvalue weighted by Gasteiger charge is 2.32. The van der Waals surface area contributed by atoms with Crippen molar-refractivity contribution in [3.05, 3.63) is 53.8 Å². The summed E-state index contributed by atoms with van der Waals surface area (Å²) in [5.41, 5.74) is 2.54. The fourth-order valence-electron chi connectivity index (χ4n) is 3.67. The van der Waals surface area contributed by atoms with Crippen molar-refractivity contribution in [3.63, 3.8) is 0 Å². The lowest BCUT2D eigenvalue weighted by Crippen LogP contribution is -2.40. The Morgan fingerprint density at radius 2 is 2.00 bits per heavy atom. The molecule has 0 aliphatic carbocycles. The van der Waals surface area contributed by atoms with Crippen LogP contribution in [0.3, 0.4) is 0 Å². The summed E-state index contributed by atoms with van der Waals surface area (Å²) in [5, 5.41) is 12.4. The van der Waals surface area contributed by atoms with E-state index in [9.17, 15) is 14.0 Å². The minimum Gasteiger partial charge on any atom is -0.442 e. The molecule has 1 atom stereocenters. The van der Waals surface area contributed by atoms with Gasteiger partial charge in [-0.3, -0.25) is 14.7 Å². The Hall–Kier alpha value is -3.46. The van der Waals surface area contributed by atoms with Gasteiger partial charge in [0.25, 0.3) is 0 Å². The Kier molecular flexibility index (Phi) is 6.65. The molecule has 0 radical (unpaired) electrons. The van der Waals surface area contributed by atoms with E-state index in [1.54, 1.807) is 12.1 Å². The summed E-state index contributed by atoms with van der Waals surface area (Å²) in [5.74, 6) is -0.626. The molecular weight excluding hydrogens is 413 g/mol. The van der Waals surface area contributed by atoms with Gasteiger partial charge in [0.15, 0.2) is 0 Å². The van der Waals surface area contributed by atoms with Crippen molar-refractivity contribution in [2.45, 2.75) is 13.0 Å². The number of nitrogens with zero attached hydrogens (tertiary/aromatic N) is 3. The van der Waals surface area contributed by atoms with Gasteiger partial charge in [0.2, 0.25) is 5.91 Å². The molecule has 0 unspecified atom stereocenters. The van der Waals surface area contributed by atoms with Crippen LogP contribution in [0.4, 0.5) is 14.9 Å². The smallest absolute Gasteiger partial charge is 0.414 e. The van der Waals surface area contributed by atoms with Gasteiger partial charge < -0.3 is 15.4 Å². The molecule has 2 aliphatic rings. The Morgan fingerprint density at radius 1 is 1.25 bits per heavy atom. The number of anilines is 1. The minimum absolute atomic E-state index is 0.198. The number of carbonyl (C=O) groups excluding carboxylic acids is 2. The normalized spacial score (nSPS) is 18.8. The van der Waals surface area contributed by atoms with Crippen LogP contribution in [-0.4, -0.2) is 68.6 Å². The van der Waals surface area contributed by atoms with Crippen LogP contribution in [0.2, 0.25) is 0 Å². The summed E-state index contributed by atoms with van der Waals surface area (Å²) in [6.45, 7) is 5.48. The monoisotopic (exact) mass is 439 g/mol. The molecule has 0 aromatic heterocycles. The zero-order valence-corrected chi connectivity index (χ0v) is 17.9. The number of carbonyl (C=O) groups is 2. The van der Waals surface area contributed by atoms with E-state index in [0.717, 1.165) is 37.3 Å². The fraction of sp³-hybridized carbons (Fsp3) is 0.348. The number of amides is 2. The molecule has 0 saturated carbocycles. The van der Waals surface area contributed by atoms with Crippen molar-refractivity contribution in [2.24, 2.45) is 5.10 Å². The number of hydrazone groups is 1. The molecule has 32 heavy (non-hydrogen) atoms.